The third-order valence-electron chi connectivity index (χ3n) is 7.37. The number of aliphatic hydroxyl groups is 2. The molecule has 0 amide bonds. The molecule has 0 radical (unpaired) electrons. The number of ether oxygens (including phenoxy) is 5. The van der Waals surface area contributed by atoms with Crippen molar-refractivity contribution in [1.29, 1.82) is 0 Å². The van der Waals surface area contributed by atoms with Crippen molar-refractivity contribution in [2.75, 3.05) is 20.8 Å². The minimum atomic E-state index is -2.42. The number of carbonyl (C=O) groups is 1. The van der Waals surface area contributed by atoms with Crippen LogP contribution in [0.25, 0.3) is 0 Å². The van der Waals surface area contributed by atoms with E-state index in [1.54, 1.807) is 40.0 Å². The molecule has 1 saturated heterocycles. The molecule has 36 heavy (non-hydrogen) atoms. The van der Waals surface area contributed by atoms with Crippen LogP contribution in [0, 0.1) is 5.41 Å². The largest absolute Gasteiger partial charge is 0.497 e. The predicted octanol–water partition coefficient (Wildman–Crippen LogP) is 3.49. The average Bonchev–Trinajstić information content (AvgIpc) is 3.15. The first kappa shape index (κ1) is 28.9. The maximum absolute atomic E-state index is 12.6. The summed E-state index contributed by atoms with van der Waals surface area (Å²) in [5, 5.41) is 22.7. The van der Waals surface area contributed by atoms with Crippen molar-refractivity contribution in [3.63, 3.8) is 0 Å². The zero-order valence-corrected chi connectivity index (χ0v) is 24.1. The van der Waals surface area contributed by atoms with Gasteiger partial charge >= 0.3 is 5.97 Å². The Hall–Kier alpha value is -1.69. The molecule has 5 atom stereocenters. The summed E-state index contributed by atoms with van der Waals surface area (Å²) in [5.41, 5.74) is 0.443. The first-order valence-electron chi connectivity index (χ1n) is 12.3. The van der Waals surface area contributed by atoms with Crippen molar-refractivity contribution in [2.24, 2.45) is 5.41 Å². The number of benzene rings is 1. The number of hydrogen-bond donors (Lipinski definition) is 2. The van der Waals surface area contributed by atoms with Gasteiger partial charge in [0.05, 0.1) is 31.8 Å². The summed E-state index contributed by atoms with van der Waals surface area (Å²) in [6.45, 7) is 15.5. The molecule has 1 aromatic rings. The molecule has 2 aliphatic heterocycles. The molecule has 1 fully saturated rings. The second-order valence-corrected chi connectivity index (χ2v) is 16.9. The molecule has 2 aliphatic rings. The van der Waals surface area contributed by atoms with Gasteiger partial charge in [-0.1, -0.05) is 20.8 Å². The van der Waals surface area contributed by atoms with Crippen molar-refractivity contribution < 1.29 is 43.1 Å². The Balaban J connectivity index is 2.05. The predicted molar refractivity (Wildman–Crippen MR) is 135 cm³/mol. The molecule has 10 heteroatoms. The van der Waals surface area contributed by atoms with Crippen molar-refractivity contribution >= 4 is 14.3 Å². The number of methoxy groups -OCH3 is 2. The van der Waals surface area contributed by atoms with Gasteiger partial charge in [0.1, 0.15) is 42.5 Å². The van der Waals surface area contributed by atoms with Crippen LogP contribution in [0.3, 0.4) is 0 Å². The molecule has 1 aromatic carbocycles. The first-order chi connectivity index (χ1) is 16.5. The van der Waals surface area contributed by atoms with Gasteiger partial charge in [-0.2, -0.15) is 0 Å². The number of hydrogen-bond acceptors (Lipinski definition) is 9. The molecule has 0 bridgehead atoms. The van der Waals surface area contributed by atoms with E-state index in [9.17, 15) is 15.0 Å². The minimum Gasteiger partial charge on any atom is -0.497 e. The fourth-order valence-electron chi connectivity index (χ4n) is 4.17. The van der Waals surface area contributed by atoms with Crippen LogP contribution in [-0.2, 0) is 35.8 Å². The highest BCUT2D eigenvalue weighted by Crippen LogP contribution is 2.52. The lowest BCUT2D eigenvalue weighted by Gasteiger charge is -2.51. The highest BCUT2D eigenvalue weighted by Gasteiger charge is 2.61. The zero-order chi connectivity index (χ0) is 27.3. The van der Waals surface area contributed by atoms with Gasteiger partial charge in [0.15, 0.2) is 8.32 Å². The van der Waals surface area contributed by atoms with E-state index >= 15 is 0 Å². The molecule has 2 N–H and O–H groups in total. The van der Waals surface area contributed by atoms with Crippen LogP contribution in [0.5, 0.6) is 11.5 Å². The highest BCUT2D eigenvalue weighted by molar-refractivity contribution is 6.74. The Morgan fingerprint density at radius 3 is 2.28 bits per heavy atom. The monoisotopic (exact) mass is 526 g/mol. The Morgan fingerprint density at radius 1 is 1.11 bits per heavy atom. The van der Waals surface area contributed by atoms with Gasteiger partial charge in [-0.05, 0) is 50.5 Å². The number of esters is 1. The maximum atomic E-state index is 12.6. The minimum absolute atomic E-state index is 0.106. The Kier molecular flexibility index (Phi) is 7.93. The van der Waals surface area contributed by atoms with Gasteiger partial charge < -0.3 is 38.3 Å². The topological polar surface area (TPSA) is 113 Å². The van der Waals surface area contributed by atoms with Crippen LogP contribution in [0.1, 0.15) is 52.7 Å². The third-order valence-corrected chi connectivity index (χ3v) is 11.8. The van der Waals surface area contributed by atoms with Crippen LogP contribution in [-0.4, -0.2) is 69.7 Å². The van der Waals surface area contributed by atoms with Gasteiger partial charge in [-0.15, -0.1) is 0 Å². The van der Waals surface area contributed by atoms with E-state index in [1.165, 1.54) is 7.11 Å². The molecule has 1 spiro atoms. The molecule has 0 aromatic heterocycles. The average molecular weight is 527 g/mol. The molecule has 2 heterocycles. The summed E-state index contributed by atoms with van der Waals surface area (Å²) >= 11 is 0. The van der Waals surface area contributed by atoms with Gasteiger partial charge in [0.25, 0.3) is 0 Å². The van der Waals surface area contributed by atoms with Crippen molar-refractivity contribution in [1.82, 2.24) is 0 Å². The molecule has 204 valence electrons. The van der Waals surface area contributed by atoms with Crippen molar-refractivity contribution in [3.8, 4) is 11.5 Å². The summed E-state index contributed by atoms with van der Waals surface area (Å²) in [6.07, 6.45) is -4.74. The number of fused-ring (bicyclic) bond motifs is 2. The fourth-order valence-corrected chi connectivity index (χ4v) is 5.49. The lowest BCUT2D eigenvalue weighted by atomic mass is 9.87. The summed E-state index contributed by atoms with van der Waals surface area (Å²) in [4.78, 5) is 12.6. The van der Waals surface area contributed by atoms with Crippen molar-refractivity contribution in [2.45, 2.75) is 96.5 Å². The Bertz CT molecular complexity index is 965. The van der Waals surface area contributed by atoms with Crippen LogP contribution in [0.2, 0.25) is 18.1 Å². The highest BCUT2D eigenvalue weighted by atomic mass is 28.4. The second kappa shape index (κ2) is 9.88. The number of aliphatic hydroxyl groups excluding tert-OH is 2. The fraction of sp³-hybridized carbons (Fsp3) is 0.731. The number of carbonyl (C=O) groups excluding carboxylic acids is 1. The third kappa shape index (κ3) is 5.16. The molecule has 9 nitrogen and oxygen atoms in total. The van der Waals surface area contributed by atoms with Gasteiger partial charge in [0.2, 0.25) is 5.79 Å². The molecular formula is C26H42O9Si. The molecule has 0 unspecified atom stereocenters. The van der Waals surface area contributed by atoms with E-state index in [1.807, 2.05) is 13.1 Å². The Morgan fingerprint density at radius 2 is 1.75 bits per heavy atom. The van der Waals surface area contributed by atoms with E-state index < -0.39 is 49.9 Å². The smallest absolute Gasteiger partial charge is 0.311 e. The molecular weight excluding hydrogens is 484 g/mol. The van der Waals surface area contributed by atoms with Crippen LogP contribution < -0.4 is 9.47 Å². The van der Waals surface area contributed by atoms with Gasteiger partial charge in [0, 0.05) is 6.07 Å². The quantitative estimate of drug-likeness (QED) is 0.425. The molecule has 0 aliphatic carbocycles. The SMILES string of the molecule is COc1cc2c(c(OC)c1)[C@]1(OC2)O[C@H](COC(=O)C(C)(C)C)[C@@H](O[Si](C)(C)C(C)(C)C)[C@H](O)[C@@H]1O. The van der Waals surface area contributed by atoms with Crippen molar-refractivity contribution in [3.05, 3.63) is 23.3 Å². The first-order valence-corrected chi connectivity index (χ1v) is 15.2. The Labute approximate surface area is 215 Å². The second-order valence-electron chi connectivity index (χ2n) is 12.1. The standard InChI is InChI=1S/C26H42O9Si/c1-24(2,3)23(29)32-14-18-21(35-36(9,10)25(4,5)6)20(27)22(28)26(34-18)19-15(13-33-26)11-16(30-7)12-17(19)31-8/h11-12,18,20-22,27-28H,13-14H2,1-10H3/t18-,20+,21-,22+,26+/m1/s1. The van der Waals surface area contributed by atoms with E-state index in [0.717, 1.165) is 0 Å². The summed E-state index contributed by atoms with van der Waals surface area (Å²) in [6, 6.07) is 3.45. The maximum Gasteiger partial charge on any atom is 0.311 e. The number of rotatable bonds is 6. The zero-order valence-electron chi connectivity index (χ0n) is 23.1. The normalized spacial score (nSPS) is 28.7. The molecule has 0 saturated carbocycles. The van der Waals surface area contributed by atoms with Gasteiger partial charge in [-0.25, -0.2) is 0 Å². The lowest BCUT2D eigenvalue weighted by Crippen LogP contribution is -2.66. The van der Waals surface area contributed by atoms with Gasteiger partial charge in [-0.3, -0.25) is 4.79 Å². The summed E-state index contributed by atoms with van der Waals surface area (Å²) in [7, 11) is 0.620. The lowest BCUT2D eigenvalue weighted by molar-refractivity contribution is -0.367. The van der Waals surface area contributed by atoms with E-state index in [-0.39, 0.29) is 18.3 Å². The van der Waals surface area contributed by atoms with E-state index in [4.69, 9.17) is 28.1 Å². The molecule has 3 rings (SSSR count). The summed E-state index contributed by atoms with van der Waals surface area (Å²) < 4.78 is 35.7. The van der Waals surface area contributed by atoms with E-state index in [0.29, 0.717) is 22.6 Å². The van der Waals surface area contributed by atoms with Crippen LogP contribution in [0.15, 0.2) is 12.1 Å². The van der Waals surface area contributed by atoms with E-state index in [2.05, 4.69) is 20.8 Å². The van der Waals surface area contributed by atoms with Crippen LogP contribution >= 0.6 is 0 Å². The van der Waals surface area contributed by atoms with Crippen LogP contribution in [0.4, 0.5) is 0 Å². The summed E-state index contributed by atoms with van der Waals surface area (Å²) in [5.74, 6) is -1.20.